The summed E-state index contributed by atoms with van der Waals surface area (Å²) in [5, 5.41) is 3.43. The lowest BCUT2D eigenvalue weighted by atomic mass is 10.2. The van der Waals surface area contributed by atoms with Gasteiger partial charge in [0, 0.05) is 19.7 Å². The summed E-state index contributed by atoms with van der Waals surface area (Å²) in [5.41, 5.74) is 1.16. The van der Waals surface area contributed by atoms with Crippen LogP contribution in [0.25, 0.3) is 0 Å². The van der Waals surface area contributed by atoms with E-state index >= 15 is 0 Å². The molecule has 0 bridgehead atoms. The van der Waals surface area contributed by atoms with Crippen LogP contribution in [-0.2, 0) is 11.3 Å². The number of rotatable bonds is 7. The molecule has 1 aromatic rings. The van der Waals surface area contributed by atoms with Crippen molar-refractivity contribution in [1.82, 2.24) is 5.32 Å². The molecule has 0 saturated carbocycles. The molecule has 0 unspecified atom stereocenters. The van der Waals surface area contributed by atoms with Crippen molar-refractivity contribution in [2.75, 3.05) is 26.9 Å². The van der Waals surface area contributed by atoms with Crippen molar-refractivity contribution in [2.24, 2.45) is 0 Å². The number of nitrogens with one attached hydrogen (secondary N) is 1. The van der Waals surface area contributed by atoms with Crippen molar-refractivity contribution in [3.63, 3.8) is 0 Å². The molecule has 0 spiro atoms. The molecule has 0 radical (unpaired) electrons. The van der Waals surface area contributed by atoms with Crippen molar-refractivity contribution < 1.29 is 14.2 Å². The van der Waals surface area contributed by atoms with E-state index in [4.69, 9.17) is 14.2 Å². The number of methoxy groups -OCH3 is 1. The first-order valence-electron chi connectivity index (χ1n) is 7.06. The fourth-order valence-corrected chi connectivity index (χ4v) is 2.95. The van der Waals surface area contributed by atoms with Crippen molar-refractivity contribution >= 4 is 15.9 Å². The normalized spacial score (nSPS) is 18.2. The standard InChI is InChI=1S/C15H22BrNO3/c1-3-19-15-13(16)7-11(8-14(15)18-2)9-17-10-12-5-4-6-20-12/h7-8,12,17H,3-6,9-10H2,1-2H3/t12-/m1/s1. The molecule has 4 nitrogen and oxygen atoms in total. The third kappa shape index (κ3) is 4.11. The molecule has 1 heterocycles. The van der Waals surface area contributed by atoms with E-state index in [0.29, 0.717) is 12.7 Å². The lowest BCUT2D eigenvalue weighted by Crippen LogP contribution is -2.25. The summed E-state index contributed by atoms with van der Waals surface area (Å²) >= 11 is 3.54. The molecule has 1 fully saturated rings. The molecule has 2 rings (SSSR count). The Hall–Kier alpha value is -0.780. The first-order chi connectivity index (χ1) is 9.74. The summed E-state index contributed by atoms with van der Waals surface area (Å²) in [6.07, 6.45) is 2.70. The monoisotopic (exact) mass is 343 g/mol. The lowest BCUT2D eigenvalue weighted by molar-refractivity contribution is 0.110. The second kappa shape index (κ2) is 7.86. The van der Waals surface area contributed by atoms with Crippen LogP contribution in [0.1, 0.15) is 25.3 Å². The van der Waals surface area contributed by atoms with Crippen LogP contribution in [0.4, 0.5) is 0 Å². The number of ether oxygens (including phenoxy) is 3. The molecular weight excluding hydrogens is 322 g/mol. The predicted octanol–water partition coefficient (Wildman–Crippen LogP) is 3.13. The molecule has 1 aliphatic heterocycles. The Kier molecular flexibility index (Phi) is 6.13. The smallest absolute Gasteiger partial charge is 0.175 e. The van der Waals surface area contributed by atoms with Crippen LogP contribution < -0.4 is 14.8 Å². The molecule has 1 aliphatic rings. The summed E-state index contributed by atoms with van der Waals surface area (Å²) in [7, 11) is 1.66. The maximum absolute atomic E-state index is 5.59. The second-order valence-electron chi connectivity index (χ2n) is 4.81. The zero-order chi connectivity index (χ0) is 14.4. The summed E-state index contributed by atoms with van der Waals surface area (Å²) in [5.74, 6) is 1.52. The van der Waals surface area contributed by atoms with Crippen molar-refractivity contribution in [2.45, 2.75) is 32.4 Å². The van der Waals surface area contributed by atoms with Gasteiger partial charge in [-0.1, -0.05) is 0 Å². The molecule has 1 atom stereocenters. The Bertz CT molecular complexity index is 433. The van der Waals surface area contributed by atoms with Gasteiger partial charge in [-0.25, -0.2) is 0 Å². The van der Waals surface area contributed by atoms with Crippen molar-refractivity contribution in [3.05, 3.63) is 22.2 Å². The molecule has 1 N–H and O–H groups in total. The minimum atomic E-state index is 0.364. The van der Waals surface area contributed by atoms with Crippen LogP contribution in [0.2, 0.25) is 0 Å². The highest BCUT2D eigenvalue weighted by Gasteiger charge is 2.15. The van der Waals surface area contributed by atoms with Crippen LogP contribution in [0.3, 0.4) is 0 Å². The summed E-state index contributed by atoms with van der Waals surface area (Å²) < 4.78 is 17.5. The largest absolute Gasteiger partial charge is 0.493 e. The molecule has 0 aliphatic carbocycles. The zero-order valence-electron chi connectivity index (χ0n) is 12.1. The van der Waals surface area contributed by atoms with Gasteiger partial charge in [0.2, 0.25) is 0 Å². The summed E-state index contributed by atoms with van der Waals surface area (Å²) in [4.78, 5) is 0. The Labute approximate surface area is 128 Å². The number of halogens is 1. The first kappa shape index (κ1) is 15.6. The summed E-state index contributed by atoms with van der Waals surface area (Å²) in [6.45, 7) is 5.16. The van der Waals surface area contributed by atoms with Gasteiger partial charge < -0.3 is 19.5 Å². The number of hydrogen-bond donors (Lipinski definition) is 1. The first-order valence-corrected chi connectivity index (χ1v) is 7.85. The van der Waals surface area contributed by atoms with Gasteiger partial charge in [-0.3, -0.25) is 0 Å². The molecule has 0 amide bonds. The zero-order valence-corrected chi connectivity index (χ0v) is 13.7. The Morgan fingerprint density at radius 2 is 2.30 bits per heavy atom. The van der Waals surface area contributed by atoms with E-state index in [1.54, 1.807) is 7.11 Å². The third-order valence-corrected chi connectivity index (χ3v) is 3.89. The topological polar surface area (TPSA) is 39.7 Å². The number of hydrogen-bond acceptors (Lipinski definition) is 4. The summed E-state index contributed by atoms with van der Waals surface area (Å²) in [6, 6.07) is 4.08. The fourth-order valence-electron chi connectivity index (χ4n) is 2.34. The molecule has 112 valence electrons. The van der Waals surface area contributed by atoms with Gasteiger partial charge in [-0.2, -0.15) is 0 Å². The Morgan fingerprint density at radius 1 is 1.45 bits per heavy atom. The predicted molar refractivity (Wildman–Crippen MR) is 82.5 cm³/mol. The maximum atomic E-state index is 5.59. The molecule has 5 heteroatoms. The third-order valence-electron chi connectivity index (χ3n) is 3.30. The van der Waals surface area contributed by atoms with Crippen LogP contribution in [-0.4, -0.2) is 33.0 Å². The molecule has 0 aromatic heterocycles. The van der Waals surface area contributed by atoms with Crippen LogP contribution in [0, 0.1) is 0 Å². The molecule has 20 heavy (non-hydrogen) atoms. The van der Waals surface area contributed by atoms with Gasteiger partial charge in [-0.05, 0) is 53.4 Å². The van der Waals surface area contributed by atoms with E-state index in [1.165, 1.54) is 6.42 Å². The Balaban J connectivity index is 1.95. The Morgan fingerprint density at radius 3 is 2.95 bits per heavy atom. The minimum Gasteiger partial charge on any atom is -0.493 e. The lowest BCUT2D eigenvalue weighted by Gasteiger charge is -2.15. The van der Waals surface area contributed by atoms with E-state index in [-0.39, 0.29) is 0 Å². The van der Waals surface area contributed by atoms with Gasteiger partial charge in [0.15, 0.2) is 11.5 Å². The van der Waals surface area contributed by atoms with E-state index in [9.17, 15) is 0 Å². The quantitative estimate of drug-likeness (QED) is 0.825. The SMILES string of the molecule is CCOc1c(Br)cc(CNC[C@H]2CCCO2)cc1OC. The van der Waals surface area contributed by atoms with Gasteiger partial charge in [0.1, 0.15) is 0 Å². The number of benzene rings is 1. The van der Waals surface area contributed by atoms with E-state index in [1.807, 2.05) is 13.0 Å². The minimum absolute atomic E-state index is 0.364. The van der Waals surface area contributed by atoms with Crippen LogP contribution in [0.15, 0.2) is 16.6 Å². The van der Waals surface area contributed by atoms with E-state index in [2.05, 4.69) is 27.3 Å². The van der Waals surface area contributed by atoms with E-state index < -0.39 is 0 Å². The van der Waals surface area contributed by atoms with Crippen molar-refractivity contribution in [1.29, 1.82) is 0 Å². The maximum Gasteiger partial charge on any atom is 0.175 e. The molecule has 1 saturated heterocycles. The van der Waals surface area contributed by atoms with E-state index in [0.717, 1.165) is 47.7 Å². The average molecular weight is 344 g/mol. The van der Waals surface area contributed by atoms with Crippen LogP contribution in [0.5, 0.6) is 11.5 Å². The highest BCUT2D eigenvalue weighted by atomic mass is 79.9. The van der Waals surface area contributed by atoms with Gasteiger partial charge in [0.25, 0.3) is 0 Å². The highest BCUT2D eigenvalue weighted by Crippen LogP contribution is 2.36. The molecule has 1 aromatic carbocycles. The van der Waals surface area contributed by atoms with Gasteiger partial charge >= 0.3 is 0 Å². The highest BCUT2D eigenvalue weighted by molar-refractivity contribution is 9.10. The van der Waals surface area contributed by atoms with Crippen molar-refractivity contribution in [3.8, 4) is 11.5 Å². The fraction of sp³-hybridized carbons (Fsp3) is 0.600. The molecular formula is C15H22BrNO3. The average Bonchev–Trinajstić information content (AvgIpc) is 2.94. The van der Waals surface area contributed by atoms with Crippen LogP contribution >= 0.6 is 15.9 Å². The second-order valence-corrected chi connectivity index (χ2v) is 5.66. The van der Waals surface area contributed by atoms with Gasteiger partial charge in [0.05, 0.1) is 24.3 Å². The van der Waals surface area contributed by atoms with Gasteiger partial charge in [-0.15, -0.1) is 0 Å².